The number of rotatable bonds is 6. The van der Waals surface area contributed by atoms with Crippen LogP contribution in [0, 0.1) is 0 Å². The van der Waals surface area contributed by atoms with Crippen molar-refractivity contribution in [2.45, 2.75) is 13.8 Å². The molecule has 0 fully saturated rings. The molecule has 0 aliphatic heterocycles. The fourth-order valence-corrected chi connectivity index (χ4v) is 2.08. The van der Waals surface area contributed by atoms with Crippen LogP contribution in [0.15, 0.2) is 54.6 Å². The predicted molar refractivity (Wildman–Crippen MR) is 96.0 cm³/mol. The van der Waals surface area contributed by atoms with Crippen molar-refractivity contribution < 1.29 is 14.3 Å². The molecular formula is C19H20N2O3. The van der Waals surface area contributed by atoms with Crippen LogP contribution < -0.4 is 15.4 Å². The molecule has 0 aliphatic carbocycles. The minimum Gasteiger partial charge on any atom is -0.494 e. The average Bonchev–Trinajstić information content (AvgIpc) is 2.54. The molecular weight excluding hydrogens is 304 g/mol. The molecule has 24 heavy (non-hydrogen) atoms. The highest BCUT2D eigenvalue weighted by atomic mass is 16.5. The quantitative estimate of drug-likeness (QED) is 0.796. The molecule has 0 heterocycles. The number of carbonyl (C=O) groups excluding carboxylic acids is 2. The third-order valence-electron chi connectivity index (χ3n) is 3.07. The van der Waals surface area contributed by atoms with Crippen LogP contribution >= 0.6 is 0 Å². The van der Waals surface area contributed by atoms with Crippen molar-refractivity contribution in [3.05, 3.63) is 60.2 Å². The minimum atomic E-state index is -0.246. The van der Waals surface area contributed by atoms with Crippen molar-refractivity contribution in [2.24, 2.45) is 0 Å². The van der Waals surface area contributed by atoms with Gasteiger partial charge in [-0.1, -0.05) is 18.2 Å². The minimum absolute atomic E-state index is 0.158. The Morgan fingerprint density at radius 2 is 1.71 bits per heavy atom. The van der Waals surface area contributed by atoms with E-state index in [0.717, 1.165) is 11.3 Å². The van der Waals surface area contributed by atoms with Gasteiger partial charge in [0.1, 0.15) is 5.75 Å². The largest absolute Gasteiger partial charge is 0.494 e. The van der Waals surface area contributed by atoms with Gasteiger partial charge < -0.3 is 15.4 Å². The van der Waals surface area contributed by atoms with Gasteiger partial charge in [0.2, 0.25) is 11.8 Å². The molecule has 2 aromatic carbocycles. The Balaban J connectivity index is 1.96. The van der Waals surface area contributed by atoms with E-state index in [1.165, 1.54) is 13.0 Å². The number of amides is 2. The fourth-order valence-electron chi connectivity index (χ4n) is 2.08. The second-order valence-corrected chi connectivity index (χ2v) is 5.09. The first-order valence-corrected chi connectivity index (χ1v) is 7.66. The van der Waals surface area contributed by atoms with Crippen molar-refractivity contribution in [2.75, 3.05) is 17.2 Å². The SMILES string of the molecule is CCOc1ccc(/C=C/C(=O)Nc2cccc(NC(C)=O)c2)cc1. The molecule has 124 valence electrons. The van der Waals surface area contributed by atoms with E-state index in [2.05, 4.69) is 10.6 Å². The zero-order chi connectivity index (χ0) is 17.4. The summed E-state index contributed by atoms with van der Waals surface area (Å²) in [6, 6.07) is 14.5. The summed E-state index contributed by atoms with van der Waals surface area (Å²) >= 11 is 0. The second kappa shape index (κ2) is 8.53. The lowest BCUT2D eigenvalue weighted by atomic mass is 10.2. The summed E-state index contributed by atoms with van der Waals surface area (Å²) in [6.45, 7) is 3.99. The summed E-state index contributed by atoms with van der Waals surface area (Å²) in [5, 5.41) is 5.43. The standard InChI is InChI=1S/C19H20N2O3/c1-3-24-18-10-7-15(8-11-18)9-12-19(23)21-17-6-4-5-16(13-17)20-14(2)22/h4-13H,3H2,1-2H3,(H,20,22)(H,21,23)/b12-9+. The maximum atomic E-state index is 12.0. The Labute approximate surface area is 141 Å². The van der Waals surface area contributed by atoms with Gasteiger partial charge in [0.05, 0.1) is 6.61 Å². The molecule has 2 aromatic rings. The first kappa shape index (κ1) is 17.3. The number of nitrogens with one attached hydrogen (secondary N) is 2. The molecule has 2 N–H and O–H groups in total. The zero-order valence-corrected chi connectivity index (χ0v) is 13.7. The van der Waals surface area contributed by atoms with E-state index >= 15 is 0 Å². The third kappa shape index (κ3) is 5.61. The maximum Gasteiger partial charge on any atom is 0.248 e. The molecule has 0 radical (unpaired) electrons. The van der Waals surface area contributed by atoms with Gasteiger partial charge in [0.25, 0.3) is 0 Å². The molecule has 2 amide bonds. The molecule has 2 rings (SSSR count). The van der Waals surface area contributed by atoms with Gasteiger partial charge in [-0.3, -0.25) is 9.59 Å². The number of hydrogen-bond acceptors (Lipinski definition) is 3. The lowest BCUT2D eigenvalue weighted by molar-refractivity contribution is -0.114. The molecule has 0 spiro atoms. The van der Waals surface area contributed by atoms with Crippen LogP contribution in [0.4, 0.5) is 11.4 Å². The van der Waals surface area contributed by atoms with E-state index in [1.54, 1.807) is 30.3 Å². The topological polar surface area (TPSA) is 67.4 Å². The van der Waals surface area contributed by atoms with E-state index in [4.69, 9.17) is 4.74 Å². The molecule has 0 aliphatic rings. The fraction of sp³-hybridized carbons (Fsp3) is 0.158. The van der Waals surface area contributed by atoms with Crippen molar-refractivity contribution in [1.29, 1.82) is 0 Å². The monoisotopic (exact) mass is 324 g/mol. The summed E-state index contributed by atoms with van der Waals surface area (Å²) in [5.74, 6) is 0.395. The van der Waals surface area contributed by atoms with Gasteiger partial charge in [-0.15, -0.1) is 0 Å². The molecule has 5 heteroatoms. The Morgan fingerprint density at radius 1 is 1.04 bits per heavy atom. The van der Waals surface area contributed by atoms with Crippen LogP contribution in [-0.4, -0.2) is 18.4 Å². The van der Waals surface area contributed by atoms with Crippen LogP contribution in [-0.2, 0) is 9.59 Å². The van der Waals surface area contributed by atoms with Crippen molar-refractivity contribution in [1.82, 2.24) is 0 Å². The van der Waals surface area contributed by atoms with Gasteiger partial charge in [0.15, 0.2) is 0 Å². The first-order chi connectivity index (χ1) is 11.6. The van der Waals surface area contributed by atoms with Crippen LogP contribution in [0.5, 0.6) is 5.75 Å². The number of carbonyl (C=O) groups is 2. The Kier molecular flexibility index (Phi) is 6.14. The molecule has 0 atom stereocenters. The highest BCUT2D eigenvalue weighted by Crippen LogP contribution is 2.16. The highest BCUT2D eigenvalue weighted by molar-refractivity contribution is 6.02. The van der Waals surface area contributed by atoms with Gasteiger partial charge in [-0.25, -0.2) is 0 Å². The molecule has 0 saturated heterocycles. The van der Waals surface area contributed by atoms with Gasteiger partial charge >= 0.3 is 0 Å². The van der Waals surface area contributed by atoms with E-state index in [-0.39, 0.29) is 11.8 Å². The summed E-state index contributed by atoms with van der Waals surface area (Å²) in [6.07, 6.45) is 3.18. The normalized spacial score (nSPS) is 10.4. The first-order valence-electron chi connectivity index (χ1n) is 7.66. The van der Waals surface area contributed by atoms with E-state index in [0.29, 0.717) is 18.0 Å². The number of benzene rings is 2. The lowest BCUT2D eigenvalue weighted by Crippen LogP contribution is -2.09. The van der Waals surface area contributed by atoms with Crippen LogP contribution in [0.1, 0.15) is 19.4 Å². The number of anilines is 2. The predicted octanol–water partition coefficient (Wildman–Crippen LogP) is 3.70. The molecule has 0 bridgehead atoms. The van der Waals surface area contributed by atoms with Crippen LogP contribution in [0.25, 0.3) is 6.08 Å². The smallest absolute Gasteiger partial charge is 0.248 e. The summed E-state index contributed by atoms with van der Waals surface area (Å²) in [5.41, 5.74) is 2.15. The molecule has 0 aromatic heterocycles. The summed E-state index contributed by atoms with van der Waals surface area (Å²) in [4.78, 5) is 23.0. The van der Waals surface area contributed by atoms with Crippen LogP contribution in [0.2, 0.25) is 0 Å². The van der Waals surface area contributed by atoms with Crippen molar-refractivity contribution in [3.63, 3.8) is 0 Å². The van der Waals surface area contributed by atoms with Crippen molar-refractivity contribution in [3.8, 4) is 5.75 Å². The maximum absolute atomic E-state index is 12.0. The van der Waals surface area contributed by atoms with Crippen LogP contribution in [0.3, 0.4) is 0 Å². The van der Waals surface area contributed by atoms with Gasteiger partial charge in [-0.2, -0.15) is 0 Å². The Morgan fingerprint density at radius 3 is 2.33 bits per heavy atom. The summed E-state index contributed by atoms with van der Waals surface area (Å²) < 4.78 is 5.37. The highest BCUT2D eigenvalue weighted by Gasteiger charge is 2.01. The second-order valence-electron chi connectivity index (χ2n) is 5.09. The van der Waals surface area contributed by atoms with Gasteiger partial charge in [0, 0.05) is 24.4 Å². The van der Waals surface area contributed by atoms with E-state index in [1.807, 2.05) is 31.2 Å². The van der Waals surface area contributed by atoms with E-state index < -0.39 is 0 Å². The molecule has 0 unspecified atom stereocenters. The molecule has 0 saturated carbocycles. The summed E-state index contributed by atoms with van der Waals surface area (Å²) in [7, 11) is 0. The molecule has 5 nitrogen and oxygen atoms in total. The lowest BCUT2D eigenvalue weighted by Gasteiger charge is -2.06. The number of hydrogen-bond donors (Lipinski definition) is 2. The number of ether oxygens (including phenoxy) is 1. The average molecular weight is 324 g/mol. The van der Waals surface area contributed by atoms with E-state index in [9.17, 15) is 9.59 Å². The Hall–Kier alpha value is -3.08. The zero-order valence-electron chi connectivity index (χ0n) is 13.7. The third-order valence-corrected chi connectivity index (χ3v) is 3.07. The Bertz CT molecular complexity index is 737. The van der Waals surface area contributed by atoms with Crippen molar-refractivity contribution >= 4 is 29.3 Å². The van der Waals surface area contributed by atoms with Gasteiger partial charge in [-0.05, 0) is 48.9 Å².